The number of aliphatic imine (C=N–C) groups is 1. The van der Waals surface area contributed by atoms with Crippen LogP contribution < -0.4 is 25.4 Å². The summed E-state index contributed by atoms with van der Waals surface area (Å²) < 4.78 is 11.4. The summed E-state index contributed by atoms with van der Waals surface area (Å²) >= 11 is 0. The van der Waals surface area contributed by atoms with Crippen LogP contribution in [0.5, 0.6) is 11.5 Å². The largest absolute Gasteiger partial charge is 0.490 e. The van der Waals surface area contributed by atoms with Crippen LogP contribution >= 0.6 is 24.0 Å². The van der Waals surface area contributed by atoms with Crippen LogP contribution in [0.2, 0.25) is 0 Å². The first-order valence-electron chi connectivity index (χ1n) is 9.59. The van der Waals surface area contributed by atoms with Crippen molar-refractivity contribution >= 4 is 41.5 Å². The summed E-state index contributed by atoms with van der Waals surface area (Å²) in [6, 6.07) is 6.12. The number of nitrogens with one attached hydrogen (secondary N) is 3. The number of hydrogen-bond donors (Lipinski definition) is 3. The first-order valence-corrected chi connectivity index (χ1v) is 9.59. The molecule has 1 saturated carbocycles. The Morgan fingerprint density at radius 2 is 1.89 bits per heavy atom. The van der Waals surface area contributed by atoms with Crippen molar-refractivity contribution in [2.75, 3.05) is 25.1 Å². The van der Waals surface area contributed by atoms with Gasteiger partial charge < -0.3 is 25.4 Å². The Morgan fingerprint density at radius 1 is 1.21 bits per heavy atom. The molecule has 1 aromatic carbocycles. The zero-order chi connectivity index (χ0) is 19.4. The fourth-order valence-corrected chi connectivity index (χ4v) is 2.81. The van der Waals surface area contributed by atoms with Crippen LogP contribution in [0, 0.1) is 5.92 Å². The summed E-state index contributed by atoms with van der Waals surface area (Å²) in [7, 11) is 0. The summed E-state index contributed by atoms with van der Waals surface area (Å²) in [4.78, 5) is 16.6. The van der Waals surface area contributed by atoms with Gasteiger partial charge >= 0.3 is 0 Å². The first kappa shape index (κ1) is 22.6. The molecule has 0 spiro atoms. The van der Waals surface area contributed by atoms with E-state index >= 15 is 0 Å². The second-order valence-electron chi connectivity index (χ2n) is 8.26. The second-order valence-corrected chi connectivity index (χ2v) is 8.26. The summed E-state index contributed by atoms with van der Waals surface area (Å²) in [5.74, 6) is 2.59. The van der Waals surface area contributed by atoms with Crippen LogP contribution in [0.3, 0.4) is 0 Å². The monoisotopic (exact) mass is 502 g/mol. The lowest BCUT2D eigenvalue weighted by atomic mass is 10.1. The number of benzene rings is 1. The molecule has 2 aliphatic rings. The Bertz CT molecular complexity index is 718. The van der Waals surface area contributed by atoms with E-state index in [2.05, 4.69) is 27.9 Å². The Balaban J connectivity index is 0.00000280. The molecule has 2 unspecified atom stereocenters. The number of carbonyl (C=O) groups is 1. The average Bonchev–Trinajstić information content (AvgIpc) is 3.32. The molecule has 1 amide bonds. The Morgan fingerprint density at radius 3 is 2.54 bits per heavy atom. The van der Waals surface area contributed by atoms with E-state index in [-0.39, 0.29) is 42.0 Å². The molecule has 3 N–H and O–H groups in total. The standard InChI is InChI=1S/C20H30N4O3.HI/c1-13-10-15(13)23-19(21-12-18(25)24-20(2,3)4)22-14-6-7-16-17(11-14)27-9-5-8-26-16;/h6-7,11,13,15H,5,8-10,12H2,1-4H3,(H,24,25)(H2,21,22,23);1H. The molecule has 7 nitrogen and oxygen atoms in total. The molecule has 0 bridgehead atoms. The van der Waals surface area contributed by atoms with Gasteiger partial charge in [0.2, 0.25) is 5.91 Å². The van der Waals surface area contributed by atoms with Gasteiger partial charge in [-0.3, -0.25) is 4.79 Å². The smallest absolute Gasteiger partial charge is 0.242 e. The van der Waals surface area contributed by atoms with Crippen molar-refractivity contribution in [3.8, 4) is 11.5 Å². The minimum atomic E-state index is -0.271. The summed E-state index contributed by atoms with van der Waals surface area (Å²) in [5.41, 5.74) is 0.572. The predicted molar refractivity (Wildman–Crippen MR) is 122 cm³/mol. The molecule has 3 rings (SSSR count). The molecule has 0 aromatic heterocycles. The molecule has 28 heavy (non-hydrogen) atoms. The van der Waals surface area contributed by atoms with Crippen LogP contribution in [0.15, 0.2) is 23.2 Å². The van der Waals surface area contributed by atoms with E-state index in [0.29, 0.717) is 31.1 Å². The van der Waals surface area contributed by atoms with Gasteiger partial charge in [0.1, 0.15) is 6.54 Å². The van der Waals surface area contributed by atoms with Gasteiger partial charge in [-0.05, 0) is 45.2 Å². The molecule has 156 valence electrons. The Kier molecular flexibility index (Phi) is 7.79. The summed E-state index contributed by atoms with van der Waals surface area (Å²) in [6.45, 7) is 9.42. The van der Waals surface area contributed by atoms with Gasteiger partial charge in [-0.1, -0.05) is 6.92 Å². The Labute approximate surface area is 184 Å². The second kappa shape index (κ2) is 9.67. The molecule has 1 heterocycles. The average molecular weight is 502 g/mol. The third kappa shape index (κ3) is 7.03. The van der Waals surface area contributed by atoms with Crippen molar-refractivity contribution in [3.05, 3.63) is 18.2 Å². The van der Waals surface area contributed by atoms with E-state index in [9.17, 15) is 4.79 Å². The lowest BCUT2D eigenvalue weighted by Gasteiger charge is -2.20. The highest BCUT2D eigenvalue weighted by Crippen LogP contribution is 2.32. The highest BCUT2D eigenvalue weighted by atomic mass is 127. The summed E-state index contributed by atoms with van der Waals surface area (Å²) in [6.07, 6.45) is 1.98. The van der Waals surface area contributed by atoms with Crippen LogP contribution in [-0.2, 0) is 4.79 Å². The zero-order valence-corrected chi connectivity index (χ0v) is 19.3. The van der Waals surface area contributed by atoms with Crippen molar-refractivity contribution in [2.24, 2.45) is 10.9 Å². The topological polar surface area (TPSA) is 84.0 Å². The van der Waals surface area contributed by atoms with E-state index in [1.807, 2.05) is 39.0 Å². The van der Waals surface area contributed by atoms with Gasteiger partial charge in [0, 0.05) is 29.8 Å². The molecule has 8 heteroatoms. The van der Waals surface area contributed by atoms with Gasteiger partial charge in [-0.15, -0.1) is 24.0 Å². The third-order valence-electron chi connectivity index (χ3n) is 4.34. The quantitative estimate of drug-likeness (QED) is 0.335. The van der Waals surface area contributed by atoms with Gasteiger partial charge in [-0.2, -0.15) is 0 Å². The van der Waals surface area contributed by atoms with Crippen molar-refractivity contribution in [2.45, 2.75) is 52.1 Å². The molecule has 0 saturated heterocycles. The number of hydrogen-bond acceptors (Lipinski definition) is 4. The number of anilines is 1. The van der Waals surface area contributed by atoms with E-state index in [1.165, 1.54) is 0 Å². The first-order chi connectivity index (χ1) is 12.8. The highest BCUT2D eigenvalue weighted by Gasteiger charge is 2.33. The number of carbonyl (C=O) groups excluding carboxylic acids is 1. The molecule has 1 aliphatic heterocycles. The van der Waals surface area contributed by atoms with Gasteiger partial charge in [0.25, 0.3) is 0 Å². The van der Waals surface area contributed by atoms with Gasteiger partial charge in [0.15, 0.2) is 17.5 Å². The van der Waals surface area contributed by atoms with E-state index in [1.54, 1.807) is 0 Å². The number of rotatable bonds is 4. The lowest BCUT2D eigenvalue weighted by molar-refractivity contribution is -0.121. The summed E-state index contributed by atoms with van der Waals surface area (Å²) in [5, 5.41) is 9.60. The fraction of sp³-hybridized carbons (Fsp3) is 0.600. The van der Waals surface area contributed by atoms with Crippen molar-refractivity contribution in [1.29, 1.82) is 0 Å². The van der Waals surface area contributed by atoms with Gasteiger partial charge in [0.05, 0.1) is 13.2 Å². The number of nitrogens with zero attached hydrogens (tertiary/aromatic N) is 1. The predicted octanol–water partition coefficient (Wildman–Crippen LogP) is 3.15. The number of ether oxygens (including phenoxy) is 2. The maximum absolute atomic E-state index is 12.1. The number of guanidine groups is 1. The molecular formula is C20H31IN4O3. The number of fused-ring (bicyclic) bond motifs is 1. The van der Waals surface area contributed by atoms with Crippen LogP contribution in [0.4, 0.5) is 5.69 Å². The van der Waals surface area contributed by atoms with E-state index in [0.717, 1.165) is 30.0 Å². The Hall–Kier alpha value is -1.71. The molecule has 2 atom stereocenters. The molecule has 1 aliphatic carbocycles. The van der Waals surface area contributed by atoms with Crippen molar-refractivity contribution < 1.29 is 14.3 Å². The fourth-order valence-electron chi connectivity index (χ4n) is 2.81. The number of halogens is 1. The maximum Gasteiger partial charge on any atom is 0.242 e. The van der Waals surface area contributed by atoms with Crippen LogP contribution in [0.25, 0.3) is 0 Å². The van der Waals surface area contributed by atoms with E-state index in [4.69, 9.17) is 9.47 Å². The van der Waals surface area contributed by atoms with Crippen LogP contribution in [0.1, 0.15) is 40.5 Å². The normalized spacial score (nSPS) is 21.1. The highest BCUT2D eigenvalue weighted by molar-refractivity contribution is 14.0. The van der Waals surface area contributed by atoms with Crippen molar-refractivity contribution in [1.82, 2.24) is 10.6 Å². The van der Waals surface area contributed by atoms with Gasteiger partial charge in [-0.25, -0.2) is 4.99 Å². The minimum Gasteiger partial charge on any atom is -0.490 e. The molecule has 1 aromatic rings. The lowest BCUT2D eigenvalue weighted by Crippen LogP contribution is -2.42. The van der Waals surface area contributed by atoms with Crippen molar-refractivity contribution in [3.63, 3.8) is 0 Å². The molecule has 0 radical (unpaired) electrons. The zero-order valence-electron chi connectivity index (χ0n) is 17.0. The number of amides is 1. The maximum atomic E-state index is 12.1. The van der Waals surface area contributed by atoms with E-state index < -0.39 is 0 Å². The molecular weight excluding hydrogens is 471 g/mol. The third-order valence-corrected chi connectivity index (χ3v) is 4.34. The van der Waals surface area contributed by atoms with Crippen LogP contribution in [-0.4, -0.2) is 43.2 Å². The SMILES string of the molecule is CC1CC1NC(=NCC(=O)NC(C)(C)C)Nc1ccc2c(c1)OCCCO2.I. The molecule has 1 fully saturated rings. The minimum absolute atomic E-state index is 0.